The average molecular weight is 481 g/mol. The highest BCUT2D eigenvalue weighted by Gasteiger charge is 2.28. The molecule has 0 heterocycles. The maximum absolute atomic E-state index is 11.6. The molecule has 0 aromatic heterocycles. The lowest BCUT2D eigenvalue weighted by Crippen LogP contribution is -2.46. The third kappa shape index (κ3) is 7.52. The summed E-state index contributed by atoms with van der Waals surface area (Å²) in [6.07, 6.45) is 2.03. The average Bonchev–Trinajstić information content (AvgIpc) is 2.62. The van der Waals surface area contributed by atoms with Crippen LogP contribution in [0.3, 0.4) is 0 Å². The van der Waals surface area contributed by atoms with Gasteiger partial charge in [-0.25, -0.2) is 8.42 Å². The lowest BCUT2D eigenvalue weighted by molar-refractivity contribution is 0.389. The maximum Gasteiger partial charge on any atom is 0.191 e. The second-order valence-electron chi connectivity index (χ2n) is 5.94. The van der Waals surface area contributed by atoms with Crippen LogP contribution >= 0.6 is 24.0 Å². The van der Waals surface area contributed by atoms with Gasteiger partial charge in [-0.2, -0.15) is 0 Å². The minimum Gasteiger partial charge on any atom is -0.356 e. The number of rotatable bonds is 9. The number of hydrogen-bond donors (Lipinski definition) is 2. The van der Waals surface area contributed by atoms with Crippen LogP contribution in [0.2, 0.25) is 0 Å². The minimum atomic E-state index is -2.96. The van der Waals surface area contributed by atoms with Crippen LogP contribution in [0.25, 0.3) is 0 Å². The van der Waals surface area contributed by atoms with E-state index in [1.54, 1.807) is 14.0 Å². The number of aliphatic imine (C=N–C) groups is 1. The first-order valence-electron chi connectivity index (χ1n) is 8.63. The Morgan fingerprint density at radius 2 is 1.68 bits per heavy atom. The zero-order valence-corrected chi connectivity index (χ0v) is 18.9. The van der Waals surface area contributed by atoms with Crippen molar-refractivity contribution in [1.29, 1.82) is 0 Å². The molecule has 1 aromatic rings. The maximum atomic E-state index is 11.6. The minimum absolute atomic E-state index is 0. The van der Waals surface area contributed by atoms with Crippen molar-refractivity contribution >= 4 is 39.8 Å². The van der Waals surface area contributed by atoms with Crippen LogP contribution in [-0.2, 0) is 15.3 Å². The fraction of sp³-hybridized carbons (Fsp3) is 0.611. The van der Waals surface area contributed by atoms with Gasteiger partial charge in [-0.3, -0.25) is 4.99 Å². The second kappa shape index (κ2) is 11.7. The third-order valence-electron chi connectivity index (χ3n) is 4.70. The summed E-state index contributed by atoms with van der Waals surface area (Å²) in [4.78, 5) is 4.20. The van der Waals surface area contributed by atoms with Crippen molar-refractivity contribution in [3.05, 3.63) is 35.9 Å². The van der Waals surface area contributed by atoms with Gasteiger partial charge in [0.25, 0.3) is 0 Å². The number of sulfone groups is 1. The van der Waals surface area contributed by atoms with Gasteiger partial charge in [0.15, 0.2) is 15.8 Å². The highest BCUT2D eigenvalue weighted by molar-refractivity contribution is 14.0. The van der Waals surface area contributed by atoms with Crippen LogP contribution in [0.15, 0.2) is 35.3 Å². The lowest BCUT2D eigenvalue weighted by atomic mass is 9.76. The SMILES string of the molecule is CCC(CC)(CNC(=NC)NCCS(=O)(=O)CC)c1ccccc1.I. The molecule has 25 heavy (non-hydrogen) atoms. The smallest absolute Gasteiger partial charge is 0.191 e. The molecule has 0 saturated heterocycles. The van der Waals surface area contributed by atoms with Crippen molar-refractivity contribution in [2.45, 2.75) is 39.0 Å². The van der Waals surface area contributed by atoms with E-state index < -0.39 is 9.84 Å². The van der Waals surface area contributed by atoms with E-state index in [2.05, 4.69) is 53.7 Å². The number of benzene rings is 1. The molecule has 0 saturated carbocycles. The van der Waals surface area contributed by atoms with Gasteiger partial charge in [-0.15, -0.1) is 24.0 Å². The van der Waals surface area contributed by atoms with Crippen LogP contribution < -0.4 is 10.6 Å². The standard InChI is InChI=1S/C18H31N3O2S.HI/c1-5-18(6-2,16-11-9-8-10-12-16)15-21-17(19-4)20-13-14-24(22,23)7-3;/h8-12H,5-7,13-15H2,1-4H3,(H2,19,20,21);1H. The number of halogens is 1. The summed E-state index contributed by atoms with van der Waals surface area (Å²) in [6.45, 7) is 7.18. The normalized spacial score (nSPS) is 12.4. The molecule has 0 amide bonds. The van der Waals surface area contributed by atoms with Gasteiger partial charge in [0.2, 0.25) is 0 Å². The van der Waals surface area contributed by atoms with E-state index in [0.717, 1.165) is 19.4 Å². The van der Waals surface area contributed by atoms with Gasteiger partial charge >= 0.3 is 0 Å². The summed E-state index contributed by atoms with van der Waals surface area (Å²) in [5.41, 5.74) is 1.35. The van der Waals surface area contributed by atoms with Crippen molar-refractivity contribution in [1.82, 2.24) is 10.6 Å². The summed E-state index contributed by atoms with van der Waals surface area (Å²) < 4.78 is 23.1. The number of nitrogens with one attached hydrogen (secondary N) is 2. The number of guanidine groups is 1. The fourth-order valence-electron chi connectivity index (χ4n) is 2.74. The van der Waals surface area contributed by atoms with Crippen LogP contribution in [0.1, 0.15) is 39.2 Å². The van der Waals surface area contributed by atoms with Gasteiger partial charge in [0.1, 0.15) is 0 Å². The molecule has 0 atom stereocenters. The molecule has 7 heteroatoms. The van der Waals surface area contributed by atoms with Gasteiger partial charge in [-0.05, 0) is 18.4 Å². The van der Waals surface area contributed by atoms with Crippen LogP contribution in [0.4, 0.5) is 0 Å². The predicted octanol–water partition coefficient (Wildman–Crippen LogP) is 2.96. The molecule has 5 nitrogen and oxygen atoms in total. The third-order valence-corrected chi connectivity index (χ3v) is 6.41. The zero-order valence-electron chi connectivity index (χ0n) is 15.7. The van der Waals surface area contributed by atoms with Crippen molar-refractivity contribution in [3.63, 3.8) is 0 Å². The van der Waals surface area contributed by atoms with E-state index in [1.807, 2.05) is 6.07 Å². The van der Waals surface area contributed by atoms with E-state index in [4.69, 9.17) is 0 Å². The summed E-state index contributed by atoms with van der Waals surface area (Å²) in [5, 5.41) is 6.45. The zero-order chi connectivity index (χ0) is 18.1. The Kier molecular flexibility index (Phi) is 11.3. The summed E-state index contributed by atoms with van der Waals surface area (Å²) in [6, 6.07) is 10.5. The highest BCUT2D eigenvalue weighted by atomic mass is 127. The van der Waals surface area contributed by atoms with E-state index in [-0.39, 0.29) is 40.9 Å². The molecule has 2 N–H and O–H groups in total. The molecular formula is C18H32IN3O2S. The lowest BCUT2D eigenvalue weighted by Gasteiger charge is -2.33. The summed E-state index contributed by atoms with van der Waals surface area (Å²) in [5.74, 6) is 0.933. The Labute approximate surface area is 170 Å². The van der Waals surface area contributed by atoms with Crippen molar-refractivity contribution in [2.24, 2.45) is 4.99 Å². The topological polar surface area (TPSA) is 70.6 Å². The number of hydrogen-bond acceptors (Lipinski definition) is 3. The van der Waals surface area contributed by atoms with Crippen molar-refractivity contribution in [2.75, 3.05) is 31.6 Å². The van der Waals surface area contributed by atoms with E-state index >= 15 is 0 Å². The molecule has 0 aliphatic heterocycles. The molecule has 0 fully saturated rings. The predicted molar refractivity (Wildman–Crippen MR) is 118 cm³/mol. The second-order valence-corrected chi connectivity index (χ2v) is 8.42. The van der Waals surface area contributed by atoms with E-state index in [9.17, 15) is 8.42 Å². The first-order valence-corrected chi connectivity index (χ1v) is 10.5. The number of nitrogens with zero attached hydrogens (tertiary/aromatic N) is 1. The molecular weight excluding hydrogens is 449 g/mol. The highest BCUT2D eigenvalue weighted by Crippen LogP contribution is 2.30. The molecule has 0 aliphatic rings. The molecule has 0 unspecified atom stereocenters. The van der Waals surface area contributed by atoms with Gasteiger partial charge in [-0.1, -0.05) is 51.1 Å². The fourth-order valence-corrected chi connectivity index (χ4v) is 3.45. The van der Waals surface area contributed by atoms with Crippen molar-refractivity contribution < 1.29 is 8.42 Å². The Morgan fingerprint density at radius 3 is 2.16 bits per heavy atom. The van der Waals surface area contributed by atoms with E-state index in [1.165, 1.54) is 5.56 Å². The van der Waals surface area contributed by atoms with Gasteiger partial charge < -0.3 is 10.6 Å². The molecule has 1 aromatic carbocycles. The summed E-state index contributed by atoms with van der Waals surface area (Å²) >= 11 is 0. The molecule has 0 radical (unpaired) electrons. The Hall–Kier alpha value is -0.830. The first kappa shape index (κ1) is 24.2. The molecule has 0 bridgehead atoms. The van der Waals surface area contributed by atoms with Gasteiger partial charge in [0.05, 0.1) is 5.75 Å². The van der Waals surface area contributed by atoms with Crippen LogP contribution in [0, 0.1) is 0 Å². The molecule has 0 spiro atoms. The summed E-state index contributed by atoms with van der Waals surface area (Å²) in [7, 11) is -1.26. The molecule has 1 rings (SSSR count). The van der Waals surface area contributed by atoms with Gasteiger partial charge in [0, 0.05) is 31.3 Å². The van der Waals surface area contributed by atoms with E-state index in [0.29, 0.717) is 12.5 Å². The first-order chi connectivity index (χ1) is 11.4. The molecule has 144 valence electrons. The van der Waals surface area contributed by atoms with Crippen LogP contribution in [0.5, 0.6) is 0 Å². The monoisotopic (exact) mass is 481 g/mol. The Morgan fingerprint density at radius 1 is 1.08 bits per heavy atom. The van der Waals surface area contributed by atoms with Crippen LogP contribution in [-0.4, -0.2) is 46.0 Å². The Balaban J connectivity index is 0.00000576. The quantitative estimate of drug-likeness (QED) is 0.323. The molecule has 0 aliphatic carbocycles. The van der Waals surface area contributed by atoms with Crippen molar-refractivity contribution in [3.8, 4) is 0 Å². The Bertz CT molecular complexity index is 614. The largest absolute Gasteiger partial charge is 0.356 e.